The van der Waals surface area contributed by atoms with Gasteiger partial charge in [0.2, 0.25) is 6.54 Å². The van der Waals surface area contributed by atoms with Crippen LogP contribution in [0, 0.1) is 10.1 Å². The minimum absolute atomic E-state index is 0.0281. The molecule has 0 bridgehead atoms. The molecule has 1 heterocycles. The molecule has 2 N–H and O–H groups in total. The van der Waals surface area contributed by atoms with Crippen LogP contribution in [0.3, 0.4) is 0 Å². The Morgan fingerprint density at radius 1 is 1.33 bits per heavy atom. The molecule has 0 aliphatic carbocycles. The van der Waals surface area contributed by atoms with Crippen molar-refractivity contribution in [3.05, 3.63) is 38.5 Å². The van der Waals surface area contributed by atoms with Crippen molar-refractivity contribution in [3.63, 3.8) is 0 Å². The van der Waals surface area contributed by atoms with Crippen molar-refractivity contribution in [3.8, 4) is 0 Å². The molecule has 0 saturated heterocycles. The maximum absolute atomic E-state index is 10.3. The molecule has 18 heavy (non-hydrogen) atoms. The Balaban J connectivity index is 2.34. The van der Waals surface area contributed by atoms with Crippen LogP contribution in [0.2, 0.25) is 0 Å². The van der Waals surface area contributed by atoms with Crippen molar-refractivity contribution >= 4 is 5.69 Å². The number of hydrogen-bond acceptors (Lipinski definition) is 5. The number of nitro groups is 1. The lowest BCUT2D eigenvalue weighted by molar-refractivity contribution is -0.480. The lowest BCUT2D eigenvalue weighted by Gasteiger charge is -2.07. The van der Waals surface area contributed by atoms with E-state index in [-0.39, 0.29) is 11.5 Å². The first-order chi connectivity index (χ1) is 8.39. The van der Waals surface area contributed by atoms with Gasteiger partial charge in [0.25, 0.3) is 0 Å². The van der Waals surface area contributed by atoms with Gasteiger partial charge in [-0.25, -0.2) is 0 Å². The molecule has 0 amide bonds. The van der Waals surface area contributed by atoms with Crippen molar-refractivity contribution in [2.75, 3.05) is 12.3 Å². The van der Waals surface area contributed by atoms with Gasteiger partial charge in [-0.05, 0) is 31.9 Å². The number of fused-ring (bicyclic) bond motifs is 1. The summed E-state index contributed by atoms with van der Waals surface area (Å²) in [6.45, 7) is 3.79. The van der Waals surface area contributed by atoms with Crippen LogP contribution in [0.25, 0.3) is 0 Å². The SMILES string of the molecule is CC1(C)N=c2c(N)ccc(CCC[N+](=O)[O-])c2=N1. The molecule has 1 aliphatic rings. The summed E-state index contributed by atoms with van der Waals surface area (Å²) in [5.41, 5.74) is 6.98. The second kappa shape index (κ2) is 4.36. The molecule has 96 valence electrons. The fraction of sp³-hybridized carbons (Fsp3) is 0.500. The van der Waals surface area contributed by atoms with Crippen LogP contribution >= 0.6 is 0 Å². The molecule has 1 aliphatic heterocycles. The van der Waals surface area contributed by atoms with Gasteiger partial charge in [-0.3, -0.25) is 20.1 Å². The molecule has 0 unspecified atom stereocenters. The van der Waals surface area contributed by atoms with Crippen LogP contribution in [0.1, 0.15) is 25.8 Å². The summed E-state index contributed by atoms with van der Waals surface area (Å²) in [5, 5.41) is 11.8. The highest BCUT2D eigenvalue weighted by atomic mass is 16.6. The number of nitrogens with zero attached hydrogens (tertiary/aromatic N) is 3. The van der Waals surface area contributed by atoms with Crippen LogP contribution in [-0.2, 0) is 6.42 Å². The summed E-state index contributed by atoms with van der Waals surface area (Å²) in [6, 6.07) is 3.68. The summed E-state index contributed by atoms with van der Waals surface area (Å²) < 4.78 is 0. The summed E-state index contributed by atoms with van der Waals surface area (Å²) >= 11 is 0. The summed E-state index contributed by atoms with van der Waals surface area (Å²) in [5.74, 6) is 0. The largest absolute Gasteiger partial charge is 0.397 e. The van der Waals surface area contributed by atoms with E-state index < -0.39 is 5.66 Å². The average molecular weight is 248 g/mol. The summed E-state index contributed by atoms with van der Waals surface area (Å²) in [7, 11) is 0. The minimum atomic E-state index is -0.490. The Hall–Kier alpha value is -1.98. The standard InChI is InChI=1S/C12H16N4O2/c1-12(2)14-10-8(4-3-7-16(17)18)5-6-9(13)11(10)15-12/h5-6H,3-4,7,13H2,1-2H3. The van der Waals surface area contributed by atoms with E-state index >= 15 is 0 Å². The minimum Gasteiger partial charge on any atom is -0.397 e. The third kappa shape index (κ3) is 2.47. The van der Waals surface area contributed by atoms with E-state index in [4.69, 9.17) is 5.73 Å². The van der Waals surface area contributed by atoms with Crippen molar-refractivity contribution in [2.45, 2.75) is 32.4 Å². The Kier molecular flexibility index (Phi) is 3.02. The third-order valence-corrected chi connectivity index (χ3v) is 2.82. The predicted molar refractivity (Wildman–Crippen MR) is 67.4 cm³/mol. The zero-order chi connectivity index (χ0) is 13.3. The smallest absolute Gasteiger partial charge is 0.204 e. The Labute approximate surface area is 104 Å². The van der Waals surface area contributed by atoms with Gasteiger partial charge in [0, 0.05) is 11.3 Å². The number of anilines is 1. The normalized spacial score (nSPS) is 15.7. The Bertz CT molecular complexity index is 607. The van der Waals surface area contributed by atoms with E-state index in [0.29, 0.717) is 18.5 Å². The van der Waals surface area contributed by atoms with Gasteiger partial charge in [-0.2, -0.15) is 0 Å². The third-order valence-electron chi connectivity index (χ3n) is 2.82. The molecule has 0 aromatic heterocycles. The predicted octanol–water partition coefficient (Wildman–Crippen LogP) is 0.467. The zero-order valence-corrected chi connectivity index (χ0v) is 10.5. The van der Waals surface area contributed by atoms with Gasteiger partial charge in [0.1, 0.15) is 11.0 Å². The molecule has 1 aromatic carbocycles. The van der Waals surface area contributed by atoms with Crippen molar-refractivity contribution < 1.29 is 4.92 Å². The number of benzene rings is 1. The van der Waals surface area contributed by atoms with E-state index in [2.05, 4.69) is 9.98 Å². The molecular formula is C12H16N4O2. The second-order valence-corrected chi connectivity index (χ2v) is 4.89. The van der Waals surface area contributed by atoms with Gasteiger partial charge in [0.15, 0.2) is 0 Å². The molecule has 0 atom stereocenters. The first-order valence-electron chi connectivity index (χ1n) is 5.88. The van der Waals surface area contributed by atoms with Crippen LogP contribution in [0.4, 0.5) is 5.69 Å². The number of nitrogen functional groups attached to an aromatic ring is 1. The highest BCUT2D eigenvalue weighted by molar-refractivity contribution is 5.40. The van der Waals surface area contributed by atoms with Crippen molar-refractivity contribution in [2.24, 2.45) is 9.98 Å². The van der Waals surface area contributed by atoms with E-state index in [1.54, 1.807) is 6.07 Å². The van der Waals surface area contributed by atoms with Gasteiger partial charge >= 0.3 is 0 Å². The van der Waals surface area contributed by atoms with E-state index in [0.717, 1.165) is 16.3 Å². The van der Waals surface area contributed by atoms with Crippen LogP contribution in [0.5, 0.6) is 0 Å². The van der Waals surface area contributed by atoms with Gasteiger partial charge in [-0.15, -0.1) is 0 Å². The quantitative estimate of drug-likeness (QED) is 0.476. The fourth-order valence-corrected chi connectivity index (χ4v) is 2.05. The van der Waals surface area contributed by atoms with E-state index in [9.17, 15) is 10.1 Å². The molecule has 0 spiro atoms. The van der Waals surface area contributed by atoms with Crippen molar-refractivity contribution in [1.82, 2.24) is 0 Å². The molecule has 0 radical (unpaired) electrons. The topological polar surface area (TPSA) is 93.9 Å². The molecule has 2 rings (SSSR count). The molecule has 0 saturated carbocycles. The maximum Gasteiger partial charge on any atom is 0.204 e. The van der Waals surface area contributed by atoms with Crippen LogP contribution in [-0.4, -0.2) is 17.1 Å². The Morgan fingerprint density at radius 3 is 2.67 bits per heavy atom. The lowest BCUT2D eigenvalue weighted by Crippen LogP contribution is -2.29. The first-order valence-corrected chi connectivity index (χ1v) is 5.88. The zero-order valence-electron chi connectivity index (χ0n) is 10.5. The average Bonchev–Trinajstić information content (AvgIpc) is 2.58. The van der Waals surface area contributed by atoms with Gasteiger partial charge in [-0.1, -0.05) is 6.07 Å². The second-order valence-electron chi connectivity index (χ2n) is 4.89. The van der Waals surface area contributed by atoms with Crippen LogP contribution < -0.4 is 16.4 Å². The molecule has 1 aromatic rings. The van der Waals surface area contributed by atoms with Gasteiger partial charge < -0.3 is 5.73 Å². The molecule has 6 nitrogen and oxygen atoms in total. The van der Waals surface area contributed by atoms with Gasteiger partial charge in [0.05, 0.1) is 11.0 Å². The monoisotopic (exact) mass is 248 g/mol. The number of nitrogens with two attached hydrogens (primary N) is 1. The van der Waals surface area contributed by atoms with E-state index in [1.807, 2.05) is 19.9 Å². The summed E-state index contributed by atoms with van der Waals surface area (Å²) in [6.07, 6.45) is 1.12. The fourth-order valence-electron chi connectivity index (χ4n) is 2.05. The highest BCUT2D eigenvalue weighted by Crippen LogP contribution is 2.13. The van der Waals surface area contributed by atoms with E-state index in [1.165, 1.54) is 0 Å². The molecule has 6 heteroatoms. The number of aryl methyl sites for hydroxylation is 1. The summed E-state index contributed by atoms with van der Waals surface area (Å²) in [4.78, 5) is 19.0. The van der Waals surface area contributed by atoms with Crippen LogP contribution in [0.15, 0.2) is 22.1 Å². The highest BCUT2D eigenvalue weighted by Gasteiger charge is 2.20. The molecule has 0 fully saturated rings. The Morgan fingerprint density at radius 2 is 2.00 bits per heavy atom. The van der Waals surface area contributed by atoms with Crippen molar-refractivity contribution in [1.29, 1.82) is 0 Å². The first kappa shape index (κ1) is 12.5. The maximum atomic E-state index is 10.3. The number of rotatable bonds is 4. The number of hydrogen-bond donors (Lipinski definition) is 1. The molecular weight excluding hydrogens is 232 g/mol. The lowest BCUT2D eigenvalue weighted by atomic mass is 10.1.